The zero-order valence-electron chi connectivity index (χ0n) is 11.8. The van der Waals surface area contributed by atoms with E-state index in [4.69, 9.17) is 0 Å². The molecule has 0 bridgehead atoms. The summed E-state index contributed by atoms with van der Waals surface area (Å²) in [5.41, 5.74) is 1.19. The number of rotatable bonds is 6. The van der Waals surface area contributed by atoms with Crippen LogP contribution >= 0.6 is 0 Å². The number of halogens is 1. The number of nitrogens with zero attached hydrogens (tertiary/aromatic N) is 2. The van der Waals surface area contributed by atoms with Crippen LogP contribution in [0.3, 0.4) is 0 Å². The van der Waals surface area contributed by atoms with Crippen LogP contribution in [0, 0.1) is 5.82 Å². The molecular weight excluding hydrogens is 255 g/mol. The number of ketones is 1. The first-order valence-electron chi connectivity index (χ1n) is 6.89. The van der Waals surface area contributed by atoms with Gasteiger partial charge in [-0.25, -0.2) is 4.39 Å². The van der Waals surface area contributed by atoms with Gasteiger partial charge in [0, 0.05) is 18.7 Å². The summed E-state index contributed by atoms with van der Waals surface area (Å²) in [4.78, 5) is 12.0. The second kappa shape index (κ2) is 6.46. The maximum atomic E-state index is 13.5. The fourth-order valence-corrected chi connectivity index (χ4v) is 2.02. The van der Waals surface area contributed by atoms with Crippen LogP contribution in [0.4, 0.5) is 4.39 Å². The molecule has 0 fully saturated rings. The lowest BCUT2D eigenvalue weighted by Crippen LogP contribution is -2.10. The van der Waals surface area contributed by atoms with Gasteiger partial charge < -0.3 is 0 Å². The number of benzene rings is 1. The van der Waals surface area contributed by atoms with Crippen molar-refractivity contribution in [1.29, 1.82) is 0 Å². The van der Waals surface area contributed by atoms with Crippen molar-refractivity contribution in [3.63, 3.8) is 0 Å². The number of Topliss-reactive ketones (excluding diaryl/α,β-unsaturated/α-hetero) is 1. The van der Waals surface area contributed by atoms with Gasteiger partial charge in [-0.15, -0.1) is 0 Å². The second-order valence-corrected chi connectivity index (χ2v) is 5.03. The molecule has 0 saturated heterocycles. The van der Waals surface area contributed by atoms with Crippen LogP contribution in [-0.2, 0) is 17.6 Å². The van der Waals surface area contributed by atoms with Crippen molar-refractivity contribution in [3.05, 3.63) is 53.6 Å². The summed E-state index contributed by atoms with van der Waals surface area (Å²) in [5.74, 6) is -0.351. The van der Waals surface area contributed by atoms with E-state index in [0.717, 1.165) is 12.1 Å². The van der Waals surface area contributed by atoms with E-state index < -0.39 is 0 Å². The van der Waals surface area contributed by atoms with Gasteiger partial charge >= 0.3 is 0 Å². The summed E-state index contributed by atoms with van der Waals surface area (Å²) in [6.45, 7) is 4.17. The van der Waals surface area contributed by atoms with Crippen molar-refractivity contribution in [1.82, 2.24) is 9.78 Å². The lowest BCUT2D eigenvalue weighted by molar-refractivity contribution is -0.117. The largest absolute Gasteiger partial charge is 0.299 e. The molecule has 4 heteroatoms. The predicted octanol–water partition coefficient (Wildman–Crippen LogP) is 3.35. The van der Waals surface area contributed by atoms with E-state index in [2.05, 4.69) is 18.9 Å². The first-order chi connectivity index (χ1) is 9.60. The van der Waals surface area contributed by atoms with Crippen LogP contribution < -0.4 is 0 Å². The molecular formula is C16H19FN2O. The third kappa shape index (κ3) is 3.53. The Morgan fingerprint density at radius 1 is 1.30 bits per heavy atom. The van der Waals surface area contributed by atoms with Crippen LogP contribution in [0.25, 0.3) is 0 Å². The Kier molecular flexibility index (Phi) is 4.66. The number of hydrogen-bond acceptors (Lipinski definition) is 2. The second-order valence-electron chi connectivity index (χ2n) is 5.03. The summed E-state index contributed by atoms with van der Waals surface area (Å²) in [5, 5.41) is 4.39. The van der Waals surface area contributed by atoms with Gasteiger partial charge in [-0.1, -0.05) is 25.1 Å². The molecule has 1 aromatic carbocycles. The van der Waals surface area contributed by atoms with Gasteiger partial charge in [-0.05, 0) is 31.0 Å². The maximum absolute atomic E-state index is 13.5. The number of hydrogen-bond donors (Lipinski definition) is 0. The topological polar surface area (TPSA) is 34.9 Å². The maximum Gasteiger partial charge on any atom is 0.143 e. The minimum absolute atomic E-state index is 0.0236. The fourth-order valence-electron chi connectivity index (χ4n) is 2.02. The molecule has 0 amide bonds. The zero-order valence-corrected chi connectivity index (χ0v) is 11.8. The number of aromatic nitrogens is 2. The fraction of sp³-hybridized carbons (Fsp3) is 0.375. The van der Waals surface area contributed by atoms with Gasteiger partial charge in [0.25, 0.3) is 0 Å². The third-order valence-electron chi connectivity index (χ3n) is 3.43. The van der Waals surface area contributed by atoms with E-state index >= 15 is 0 Å². The summed E-state index contributed by atoms with van der Waals surface area (Å²) in [7, 11) is 0. The average molecular weight is 274 g/mol. The van der Waals surface area contributed by atoms with Crippen LogP contribution in [0.1, 0.15) is 37.6 Å². The van der Waals surface area contributed by atoms with Crippen LogP contribution in [-0.4, -0.2) is 15.6 Å². The molecule has 20 heavy (non-hydrogen) atoms. The molecule has 106 valence electrons. The SMILES string of the molecule is CCC(C)n1ccc(CC(=O)Cc2ccccc2F)n1. The summed E-state index contributed by atoms with van der Waals surface area (Å²) in [6, 6.07) is 8.56. The van der Waals surface area contributed by atoms with Crippen molar-refractivity contribution in [2.75, 3.05) is 0 Å². The van der Waals surface area contributed by atoms with Gasteiger partial charge in [-0.2, -0.15) is 5.10 Å². The molecule has 0 aliphatic rings. The Labute approximate surface area is 118 Å². The molecule has 2 rings (SSSR count). The molecule has 0 aliphatic heterocycles. The minimum atomic E-state index is -0.328. The molecule has 0 N–H and O–H groups in total. The van der Waals surface area contributed by atoms with Crippen LogP contribution in [0.5, 0.6) is 0 Å². The third-order valence-corrected chi connectivity index (χ3v) is 3.43. The highest BCUT2D eigenvalue weighted by molar-refractivity contribution is 5.82. The van der Waals surface area contributed by atoms with Gasteiger partial charge in [0.15, 0.2) is 0 Å². The quantitative estimate of drug-likeness (QED) is 0.809. The monoisotopic (exact) mass is 274 g/mol. The molecule has 0 radical (unpaired) electrons. The standard InChI is InChI=1S/C16H19FN2O/c1-3-12(2)19-9-8-14(18-19)11-15(20)10-13-6-4-5-7-16(13)17/h4-9,12H,3,10-11H2,1-2H3. The van der Waals surface area contributed by atoms with Crippen molar-refractivity contribution >= 4 is 5.78 Å². The first kappa shape index (κ1) is 14.4. The van der Waals surface area contributed by atoms with Crippen molar-refractivity contribution < 1.29 is 9.18 Å². The molecule has 1 atom stereocenters. The van der Waals surface area contributed by atoms with E-state index in [-0.39, 0.29) is 24.4 Å². The summed E-state index contributed by atoms with van der Waals surface area (Å²) in [6.07, 6.45) is 3.24. The molecule has 1 aromatic heterocycles. The van der Waals surface area contributed by atoms with E-state index in [1.165, 1.54) is 6.07 Å². The Balaban J connectivity index is 1.98. The molecule has 0 saturated carbocycles. The van der Waals surface area contributed by atoms with Gasteiger partial charge in [0.2, 0.25) is 0 Å². The smallest absolute Gasteiger partial charge is 0.143 e. The highest BCUT2D eigenvalue weighted by Gasteiger charge is 2.11. The molecule has 1 heterocycles. The van der Waals surface area contributed by atoms with Crippen molar-refractivity contribution in [2.24, 2.45) is 0 Å². The molecule has 1 unspecified atom stereocenters. The molecule has 0 aliphatic carbocycles. The molecule has 0 spiro atoms. The van der Waals surface area contributed by atoms with Gasteiger partial charge in [0.05, 0.1) is 12.1 Å². The lowest BCUT2D eigenvalue weighted by atomic mass is 10.1. The predicted molar refractivity (Wildman–Crippen MR) is 76.0 cm³/mol. The van der Waals surface area contributed by atoms with E-state index in [9.17, 15) is 9.18 Å². The summed E-state index contributed by atoms with van der Waals surface area (Å²) >= 11 is 0. The number of carbonyl (C=O) groups excluding carboxylic acids is 1. The Bertz CT molecular complexity index is 592. The minimum Gasteiger partial charge on any atom is -0.299 e. The number of carbonyl (C=O) groups is 1. The van der Waals surface area contributed by atoms with Crippen molar-refractivity contribution in [3.8, 4) is 0 Å². The lowest BCUT2D eigenvalue weighted by Gasteiger charge is -2.08. The zero-order chi connectivity index (χ0) is 14.5. The van der Waals surface area contributed by atoms with E-state index in [0.29, 0.717) is 11.6 Å². The van der Waals surface area contributed by atoms with E-state index in [1.54, 1.807) is 18.2 Å². The van der Waals surface area contributed by atoms with Crippen LogP contribution in [0.2, 0.25) is 0 Å². The Morgan fingerprint density at radius 2 is 2.05 bits per heavy atom. The molecule has 3 nitrogen and oxygen atoms in total. The van der Waals surface area contributed by atoms with Gasteiger partial charge in [0.1, 0.15) is 11.6 Å². The highest BCUT2D eigenvalue weighted by Crippen LogP contribution is 2.12. The average Bonchev–Trinajstić information content (AvgIpc) is 2.89. The Morgan fingerprint density at radius 3 is 2.75 bits per heavy atom. The van der Waals surface area contributed by atoms with Crippen LogP contribution in [0.15, 0.2) is 36.5 Å². The first-order valence-corrected chi connectivity index (χ1v) is 6.89. The summed E-state index contributed by atoms with van der Waals surface area (Å²) < 4.78 is 15.3. The molecule has 2 aromatic rings. The normalized spacial score (nSPS) is 12.3. The van der Waals surface area contributed by atoms with Gasteiger partial charge in [-0.3, -0.25) is 9.48 Å². The van der Waals surface area contributed by atoms with Crippen molar-refractivity contribution in [2.45, 2.75) is 39.2 Å². The Hall–Kier alpha value is -1.97. The highest BCUT2D eigenvalue weighted by atomic mass is 19.1. The van der Waals surface area contributed by atoms with E-state index in [1.807, 2.05) is 16.9 Å².